The van der Waals surface area contributed by atoms with Crippen LogP contribution >= 0.6 is 0 Å². The van der Waals surface area contributed by atoms with Crippen molar-refractivity contribution in [3.8, 4) is 0 Å². The summed E-state index contributed by atoms with van der Waals surface area (Å²) in [7, 11) is 1.32. The van der Waals surface area contributed by atoms with Gasteiger partial charge in [-0.15, -0.1) is 0 Å². The zero-order valence-corrected chi connectivity index (χ0v) is 9.74. The van der Waals surface area contributed by atoms with E-state index in [1.54, 1.807) is 0 Å². The summed E-state index contributed by atoms with van der Waals surface area (Å²) in [5, 5.41) is 2.90. The summed E-state index contributed by atoms with van der Waals surface area (Å²) >= 11 is 0. The van der Waals surface area contributed by atoms with E-state index in [0.717, 1.165) is 0 Å². The van der Waals surface area contributed by atoms with Crippen LogP contribution in [0.4, 0.5) is 0 Å². The highest BCUT2D eigenvalue weighted by Crippen LogP contribution is 2.06. The van der Waals surface area contributed by atoms with Gasteiger partial charge in [-0.05, 0) is 12.3 Å². The summed E-state index contributed by atoms with van der Waals surface area (Å²) in [4.78, 5) is 22.4. The quantitative estimate of drug-likeness (QED) is 0.614. The highest BCUT2D eigenvalue weighted by molar-refractivity contribution is 5.82. The first-order chi connectivity index (χ1) is 6.93. The molecule has 0 spiro atoms. The van der Waals surface area contributed by atoms with Crippen LogP contribution in [-0.2, 0) is 14.3 Å². The fraction of sp³-hybridized carbons (Fsp3) is 0.800. The predicted molar refractivity (Wildman–Crippen MR) is 57.1 cm³/mol. The fourth-order valence-corrected chi connectivity index (χ4v) is 1.28. The Hall–Kier alpha value is -1.10. The Balaban J connectivity index is 4.52. The summed E-state index contributed by atoms with van der Waals surface area (Å²) in [6.07, 6.45) is 0.551. The largest absolute Gasteiger partial charge is 0.468 e. The van der Waals surface area contributed by atoms with E-state index < -0.39 is 18.0 Å². The van der Waals surface area contributed by atoms with Gasteiger partial charge in [-0.1, -0.05) is 20.8 Å². The first kappa shape index (κ1) is 13.9. The van der Waals surface area contributed by atoms with E-state index in [9.17, 15) is 9.59 Å². The minimum atomic E-state index is -0.493. The van der Waals surface area contributed by atoms with Crippen LogP contribution in [0.3, 0.4) is 0 Å². The van der Waals surface area contributed by atoms with E-state index in [-0.39, 0.29) is 11.9 Å². The lowest BCUT2D eigenvalue weighted by atomic mass is 10.0. The molecule has 0 radical (unpaired) electrons. The molecule has 3 N–H and O–H groups in total. The molecule has 5 heteroatoms. The maximum absolute atomic E-state index is 11.4. The van der Waals surface area contributed by atoms with Gasteiger partial charge in [-0.25, -0.2) is 0 Å². The smallest absolute Gasteiger partial charge is 0.323 e. The Kier molecular flexibility index (Phi) is 5.93. The molecule has 0 aromatic heterocycles. The van der Waals surface area contributed by atoms with Crippen molar-refractivity contribution in [3.63, 3.8) is 0 Å². The van der Waals surface area contributed by atoms with Crippen molar-refractivity contribution in [2.45, 2.75) is 39.3 Å². The van der Waals surface area contributed by atoms with Gasteiger partial charge in [0.1, 0.15) is 6.04 Å². The van der Waals surface area contributed by atoms with Gasteiger partial charge >= 0.3 is 5.97 Å². The number of nitrogens with one attached hydrogen (secondary N) is 1. The average Bonchev–Trinajstić information content (AvgIpc) is 2.17. The topological polar surface area (TPSA) is 81.4 Å². The standard InChI is InChI=1S/C10H20N2O3/c1-5-7(9(11)13)12-8(6(2)3)10(14)15-4/h6-8,12H,5H2,1-4H3,(H2,11,13). The van der Waals surface area contributed by atoms with Gasteiger partial charge in [-0.3, -0.25) is 14.9 Å². The summed E-state index contributed by atoms with van der Waals surface area (Å²) < 4.78 is 4.65. The molecule has 0 heterocycles. The molecule has 0 aromatic rings. The van der Waals surface area contributed by atoms with Crippen molar-refractivity contribution in [2.24, 2.45) is 11.7 Å². The van der Waals surface area contributed by atoms with E-state index in [2.05, 4.69) is 10.1 Å². The fourth-order valence-electron chi connectivity index (χ4n) is 1.28. The van der Waals surface area contributed by atoms with Crippen LogP contribution in [0, 0.1) is 5.92 Å². The van der Waals surface area contributed by atoms with Gasteiger partial charge in [0.05, 0.1) is 13.2 Å². The van der Waals surface area contributed by atoms with Crippen molar-refractivity contribution in [2.75, 3.05) is 7.11 Å². The van der Waals surface area contributed by atoms with Crippen LogP contribution < -0.4 is 11.1 Å². The lowest BCUT2D eigenvalue weighted by Crippen LogP contribution is -2.51. The van der Waals surface area contributed by atoms with Gasteiger partial charge in [-0.2, -0.15) is 0 Å². The molecule has 0 aliphatic rings. The Morgan fingerprint density at radius 2 is 1.93 bits per heavy atom. The molecule has 15 heavy (non-hydrogen) atoms. The van der Waals surface area contributed by atoms with E-state index in [0.29, 0.717) is 6.42 Å². The molecular formula is C10H20N2O3. The van der Waals surface area contributed by atoms with Crippen LogP contribution in [0.25, 0.3) is 0 Å². The number of rotatable bonds is 6. The molecular weight excluding hydrogens is 196 g/mol. The van der Waals surface area contributed by atoms with E-state index in [1.807, 2.05) is 20.8 Å². The zero-order chi connectivity index (χ0) is 12.0. The molecule has 0 fully saturated rings. The second-order valence-corrected chi connectivity index (χ2v) is 3.77. The van der Waals surface area contributed by atoms with Gasteiger partial charge in [0.15, 0.2) is 0 Å². The maximum Gasteiger partial charge on any atom is 0.323 e. The zero-order valence-electron chi connectivity index (χ0n) is 9.74. The predicted octanol–water partition coefficient (Wildman–Crippen LogP) is 0.0375. The number of amides is 1. The molecule has 0 saturated heterocycles. The number of primary amides is 1. The minimum absolute atomic E-state index is 0.0471. The molecule has 5 nitrogen and oxygen atoms in total. The third-order valence-electron chi connectivity index (χ3n) is 2.25. The lowest BCUT2D eigenvalue weighted by molar-refractivity contribution is -0.144. The molecule has 1 amide bonds. The van der Waals surface area contributed by atoms with Crippen molar-refractivity contribution in [3.05, 3.63) is 0 Å². The highest BCUT2D eigenvalue weighted by Gasteiger charge is 2.27. The van der Waals surface area contributed by atoms with Crippen LogP contribution in [-0.4, -0.2) is 31.1 Å². The van der Waals surface area contributed by atoms with E-state index in [4.69, 9.17) is 5.73 Å². The van der Waals surface area contributed by atoms with Crippen LogP contribution in [0.15, 0.2) is 0 Å². The summed E-state index contributed by atoms with van der Waals surface area (Å²) in [6.45, 7) is 5.59. The van der Waals surface area contributed by atoms with Crippen molar-refractivity contribution >= 4 is 11.9 Å². The molecule has 2 atom stereocenters. The summed E-state index contributed by atoms with van der Waals surface area (Å²) in [5.74, 6) is -0.775. The normalized spacial score (nSPS) is 14.7. The molecule has 0 rings (SSSR count). The summed E-state index contributed by atoms with van der Waals surface area (Å²) in [6, 6.07) is -0.982. The number of carbonyl (C=O) groups is 2. The van der Waals surface area contributed by atoms with Crippen LogP contribution in [0.5, 0.6) is 0 Å². The third-order valence-corrected chi connectivity index (χ3v) is 2.25. The van der Waals surface area contributed by atoms with E-state index in [1.165, 1.54) is 7.11 Å². The maximum atomic E-state index is 11.4. The second kappa shape index (κ2) is 6.40. The first-order valence-electron chi connectivity index (χ1n) is 5.07. The number of carbonyl (C=O) groups excluding carboxylic acids is 2. The summed E-state index contributed by atoms with van der Waals surface area (Å²) in [5.41, 5.74) is 5.18. The number of esters is 1. The van der Waals surface area contributed by atoms with Gasteiger partial charge in [0.25, 0.3) is 0 Å². The second-order valence-electron chi connectivity index (χ2n) is 3.77. The Morgan fingerprint density at radius 1 is 1.40 bits per heavy atom. The molecule has 0 bridgehead atoms. The lowest BCUT2D eigenvalue weighted by Gasteiger charge is -2.23. The highest BCUT2D eigenvalue weighted by atomic mass is 16.5. The Labute approximate surface area is 90.4 Å². The molecule has 0 aliphatic carbocycles. The molecule has 0 saturated carbocycles. The Morgan fingerprint density at radius 3 is 2.20 bits per heavy atom. The number of nitrogens with two attached hydrogens (primary N) is 1. The number of hydrogen-bond acceptors (Lipinski definition) is 4. The monoisotopic (exact) mass is 216 g/mol. The SMILES string of the molecule is CCC(NC(C(=O)OC)C(C)C)C(N)=O. The van der Waals surface area contributed by atoms with Crippen LogP contribution in [0.2, 0.25) is 0 Å². The first-order valence-corrected chi connectivity index (χ1v) is 5.07. The Bertz CT molecular complexity index is 229. The van der Waals surface area contributed by atoms with Crippen LogP contribution in [0.1, 0.15) is 27.2 Å². The van der Waals surface area contributed by atoms with Gasteiger partial charge in [0.2, 0.25) is 5.91 Å². The number of hydrogen-bond donors (Lipinski definition) is 2. The third kappa shape index (κ3) is 4.29. The number of methoxy groups -OCH3 is 1. The average molecular weight is 216 g/mol. The van der Waals surface area contributed by atoms with Crippen molar-refractivity contribution < 1.29 is 14.3 Å². The van der Waals surface area contributed by atoms with Gasteiger partial charge < -0.3 is 10.5 Å². The molecule has 0 aliphatic heterocycles. The number of ether oxygens (including phenoxy) is 1. The molecule has 88 valence electrons. The van der Waals surface area contributed by atoms with Crippen molar-refractivity contribution in [1.82, 2.24) is 5.32 Å². The van der Waals surface area contributed by atoms with E-state index >= 15 is 0 Å². The van der Waals surface area contributed by atoms with Gasteiger partial charge in [0, 0.05) is 0 Å². The minimum Gasteiger partial charge on any atom is -0.468 e. The van der Waals surface area contributed by atoms with Crippen molar-refractivity contribution in [1.29, 1.82) is 0 Å². The molecule has 0 aromatic carbocycles. The molecule has 2 unspecified atom stereocenters.